The summed E-state index contributed by atoms with van der Waals surface area (Å²) in [5, 5.41) is 4.36. The van der Waals surface area contributed by atoms with Crippen molar-refractivity contribution in [3.8, 4) is 0 Å². The van der Waals surface area contributed by atoms with Gasteiger partial charge in [0.15, 0.2) is 5.16 Å². The molecule has 1 aliphatic carbocycles. The lowest BCUT2D eigenvalue weighted by Crippen LogP contribution is -2.51. The molecule has 8 nitrogen and oxygen atoms in total. The maximum atomic E-state index is 12.7. The lowest BCUT2D eigenvalue weighted by molar-refractivity contribution is -0.139. The monoisotopic (exact) mass is 401 g/mol. The Hall–Kier alpha value is -2.55. The van der Waals surface area contributed by atoms with Crippen molar-refractivity contribution in [2.45, 2.75) is 56.3 Å². The molecule has 28 heavy (non-hydrogen) atoms. The number of thioether (sulfide) groups is 1. The molecule has 2 fully saturated rings. The van der Waals surface area contributed by atoms with Gasteiger partial charge in [0, 0.05) is 6.54 Å². The highest BCUT2D eigenvalue weighted by Crippen LogP contribution is 2.33. The zero-order valence-electron chi connectivity index (χ0n) is 15.7. The normalized spacial score (nSPS) is 18.7. The second kappa shape index (κ2) is 7.46. The van der Waals surface area contributed by atoms with E-state index in [0.717, 1.165) is 47.0 Å². The molecule has 0 unspecified atom stereocenters. The Balaban J connectivity index is 1.41. The fourth-order valence-electron chi connectivity index (χ4n) is 3.97. The van der Waals surface area contributed by atoms with Crippen LogP contribution in [0, 0.1) is 0 Å². The molecule has 1 saturated heterocycles. The number of urea groups is 1. The summed E-state index contributed by atoms with van der Waals surface area (Å²) in [6.07, 6.45) is 4.11. The van der Waals surface area contributed by atoms with E-state index in [-0.39, 0.29) is 11.7 Å². The minimum atomic E-state index is -0.841. The van der Waals surface area contributed by atoms with E-state index in [1.165, 1.54) is 11.8 Å². The molecule has 2 N–H and O–H groups in total. The number of hydrazine groups is 1. The van der Waals surface area contributed by atoms with Crippen LogP contribution in [0.2, 0.25) is 0 Å². The van der Waals surface area contributed by atoms with Gasteiger partial charge in [-0.2, -0.15) is 5.01 Å². The van der Waals surface area contributed by atoms with Crippen LogP contribution in [0.3, 0.4) is 0 Å². The summed E-state index contributed by atoms with van der Waals surface area (Å²) < 4.78 is 2.04. The number of para-hydroxylation sites is 2. The van der Waals surface area contributed by atoms with Crippen molar-refractivity contribution in [1.82, 2.24) is 25.3 Å². The van der Waals surface area contributed by atoms with Gasteiger partial charge in [-0.05, 0) is 31.9 Å². The first-order valence-corrected chi connectivity index (χ1v) is 10.6. The number of hydrogen-bond acceptors (Lipinski definition) is 5. The average Bonchev–Trinajstić information content (AvgIpc) is 3.17. The molecule has 0 atom stereocenters. The largest absolute Gasteiger partial charge is 0.344 e. The van der Waals surface area contributed by atoms with Crippen LogP contribution in [-0.4, -0.2) is 43.7 Å². The molecule has 0 bridgehead atoms. The number of aryl methyl sites for hydroxylation is 1. The van der Waals surface area contributed by atoms with Gasteiger partial charge in [0.2, 0.25) is 5.91 Å². The van der Waals surface area contributed by atoms with Gasteiger partial charge in [-0.3, -0.25) is 15.0 Å². The number of imide groups is 1. The summed E-state index contributed by atoms with van der Waals surface area (Å²) in [5.41, 5.74) is 3.52. The van der Waals surface area contributed by atoms with Gasteiger partial charge in [-0.25, -0.2) is 9.78 Å². The quantitative estimate of drug-likeness (QED) is 0.593. The number of rotatable bonds is 5. The van der Waals surface area contributed by atoms with Crippen molar-refractivity contribution in [1.29, 1.82) is 0 Å². The van der Waals surface area contributed by atoms with E-state index in [9.17, 15) is 14.4 Å². The molecule has 2 aromatic rings. The van der Waals surface area contributed by atoms with E-state index >= 15 is 0 Å². The Morgan fingerprint density at radius 3 is 2.75 bits per heavy atom. The molecule has 0 radical (unpaired) electrons. The summed E-state index contributed by atoms with van der Waals surface area (Å²) >= 11 is 1.29. The lowest BCUT2D eigenvalue weighted by atomic mass is 9.82. The molecule has 4 rings (SSSR count). The number of hydrogen-bond donors (Lipinski definition) is 2. The van der Waals surface area contributed by atoms with Crippen LogP contribution in [-0.2, 0) is 16.1 Å². The minimum Gasteiger partial charge on any atom is -0.322 e. The van der Waals surface area contributed by atoms with Crippen molar-refractivity contribution in [2.75, 3.05) is 5.75 Å². The molecule has 1 aliphatic heterocycles. The predicted octanol–water partition coefficient (Wildman–Crippen LogP) is 2.43. The summed E-state index contributed by atoms with van der Waals surface area (Å²) in [6, 6.07) is 7.26. The number of benzene rings is 1. The Kier molecular flexibility index (Phi) is 5.01. The molecule has 1 saturated carbocycles. The molecule has 4 amide bonds. The van der Waals surface area contributed by atoms with Gasteiger partial charge in [0.1, 0.15) is 5.54 Å². The van der Waals surface area contributed by atoms with Gasteiger partial charge >= 0.3 is 6.03 Å². The predicted molar refractivity (Wildman–Crippen MR) is 105 cm³/mol. The summed E-state index contributed by atoms with van der Waals surface area (Å²) in [5.74, 6) is -0.694. The van der Waals surface area contributed by atoms with E-state index in [0.29, 0.717) is 12.8 Å². The van der Waals surface area contributed by atoms with Crippen LogP contribution < -0.4 is 10.7 Å². The van der Waals surface area contributed by atoms with Crippen LogP contribution in [0.5, 0.6) is 0 Å². The first-order valence-electron chi connectivity index (χ1n) is 9.58. The summed E-state index contributed by atoms with van der Waals surface area (Å²) in [4.78, 5) is 41.9. The minimum absolute atomic E-state index is 0.0629. The third-order valence-electron chi connectivity index (χ3n) is 5.37. The van der Waals surface area contributed by atoms with Gasteiger partial charge < -0.3 is 9.88 Å². The SMILES string of the molecule is CCn1c(SCC(=O)NN2C(=O)NC3(CCCCC3)C2=O)nc2ccccc21. The number of fused-ring (bicyclic) bond motifs is 1. The van der Waals surface area contributed by atoms with Crippen molar-refractivity contribution < 1.29 is 14.4 Å². The van der Waals surface area contributed by atoms with Gasteiger partial charge in [-0.15, -0.1) is 0 Å². The van der Waals surface area contributed by atoms with Gasteiger partial charge in [0.25, 0.3) is 5.91 Å². The van der Waals surface area contributed by atoms with E-state index in [1.54, 1.807) is 0 Å². The highest BCUT2D eigenvalue weighted by Gasteiger charge is 2.52. The molecule has 1 aromatic carbocycles. The first kappa shape index (κ1) is 18.8. The molecule has 2 heterocycles. The second-order valence-corrected chi connectivity index (χ2v) is 8.11. The Morgan fingerprint density at radius 1 is 1.25 bits per heavy atom. The smallest absolute Gasteiger partial charge is 0.322 e. The molecule has 1 spiro atoms. The Morgan fingerprint density at radius 2 is 2.00 bits per heavy atom. The topological polar surface area (TPSA) is 96.3 Å². The van der Waals surface area contributed by atoms with E-state index in [4.69, 9.17) is 0 Å². The van der Waals surface area contributed by atoms with Crippen LogP contribution in [0.15, 0.2) is 29.4 Å². The van der Waals surface area contributed by atoms with E-state index in [2.05, 4.69) is 15.7 Å². The van der Waals surface area contributed by atoms with E-state index < -0.39 is 17.5 Å². The number of carbonyl (C=O) groups is 3. The third-order valence-corrected chi connectivity index (χ3v) is 6.35. The zero-order chi connectivity index (χ0) is 19.7. The van der Waals surface area contributed by atoms with Crippen LogP contribution >= 0.6 is 11.8 Å². The molecular weight excluding hydrogens is 378 g/mol. The van der Waals surface area contributed by atoms with Gasteiger partial charge in [-0.1, -0.05) is 43.2 Å². The Bertz CT molecular complexity index is 935. The average molecular weight is 401 g/mol. The number of nitrogens with zero attached hydrogens (tertiary/aromatic N) is 3. The van der Waals surface area contributed by atoms with E-state index in [1.807, 2.05) is 35.8 Å². The highest BCUT2D eigenvalue weighted by molar-refractivity contribution is 7.99. The second-order valence-electron chi connectivity index (χ2n) is 7.16. The van der Waals surface area contributed by atoms with Crippen molar-refractivity contribution in [3.63, 3.8) is 0 Å². The van der Waals surface area contributed by atoms with Crippen molar-refractivity contribution in [3.05, 3.63) is 24.3 Å². The standard InChI is InChI=1S/C19H23N5O3S/c1-2-23-14-9-5-4-8-13(14)20-18(23)28-12-15(25)22-24-16(26)19(21-17(24)27)10-6-3-7-11-19/h4-5,8-9H,2-3,6-7,10-12H2,1H3,(H,21,27)(H,22,25). The van der Waals surface area contributed by atoms with Gasteiger partial charge in [0.05, 0.1) is 16.8 Å². The molecule has 1 aromatic heterocycles. The molecule has 9 heteroatoms. The number of aromatic nitrogens is 2. The Labute approximate surface area is 167 Å². The zero-order valence-corrected chi connectivity index (χ0v) is 16.6. The number of amides is 4. The lowest BCUT2D eigenvalue weighted by Gasteiger charge is -2.30. The van der Waals surface area contributed by atoms with Crippen molar-refractivity contribution >= 4 is 40.6 Å². The summed E-state index contributed by atoms with van der Waals surface area (Å²) in [6.45, 7) is 2.76. The molecule has 2 aliphatic rings. The van der Waals surface area contributed by atoms with Crippen LogP contribution in [0.25, 0.3) is 11.0 Å². The maximum absolute atomic E-state index is 12.7. The highest BCUT2D eigenvalue weighted by atomic mass is 32.2. The third kappa shape index (κ3) is 3.23. The molecule has 148 valence electrons. The number of imidazole rings is 1. The summed E-state index contributed by atoms with van der Waals surface area (Å²) in [7, 11) is 0. The number of nitrogens with one attached hydrogen (secondary N) is 2. The molecular formula is C19H23N5O3S. The first-order chi connectivity index (χ1) is 13.5. The fourth-order valence-corrected chi connectivity index (χ4v) is 4.84. The fraction of sp³-hybridized carbons (Fsp3) is 0.474. The van der Waals surface area contributed by atoms with Crippen LogP contribution in [0.1, 0.15) is 39.0 Å². The number of carbonyl (C=O) groups excluding carboxylic acids is 3. The maximum Gasteiger partial charge on any atom is 0.344 e. The van der Waals surface area contributed by atoms with Crippen molar-refractivity contribution in [2.24, 2.45) is 0 Å². The van der Waals surface area contributed by atoms with Crippen LogP contribution in [0.4, 0.5) is 4.79 Å².